The van der Waals surface area contributed by atoms with Crippen molar-refractivity contribution < 1.29 is 13.9 Å². The Morgan fingerprint density at radius 3 is 2.96 bits per heavy atom. The number of nitrogens with zero attached hydrogens (tertiary/aromatic N) is 3. The average Bonchev–Trinajstić information content (AvgIpc) is 2.72. The van der Waals surface area contributed by atoms with Crippen molar-refractivity contribution in [2.24, 2.45) is 7.05 Å². The summed E-state index contributed by atoms with van der Waals surface area (Å²) < 4.78 is 21.5. The van der Waals surface area contributed by atoms with E-state index in [2.05, 4.69) is 10.4 Å². The smallest absolute Gasteiger partial charge is 0.345 e. The van der Waals surface area contributed by atoms with Crippen molar-refractivity contribution in [3.05, 3.63) is 45.9 Å². The van der Waals surface area contributed by atoms with E-state index in [-0.39, 0.29) is 23.2 Å². The molecule has 0 aliphatic carbocycles. The number of amides is 1. The van der Waals surface area contributed by atoms with E-state index in [1.807, 2.05) is 0 Å². The standard InChI is InChI=1S/C16H19FN4O3/c1-20-16(23)21-8-7-11(4-6-14(21)19-20)18-15(22)12-9-10(17)3-5-13(12)24-2/h3,5,9,11H,4,6-8H2,1-2H3,(H,18,22). The minimum absolute atomic E-state index is 0.114. The van der Waals surface area contributed by atoms with Crippen molar-refractivity contribution in [3.8, 4) is 5.75 Å². The van der Waals surface area contributed by atoms with Crippen LogP contribution in [-0.4, -0.2) is 33.4 Å². The Balaban J connectivity index is 1.72. The number of nitrogens with one attached hydrogen (secondary N) is 1. The molecule has 1 amide bonds. The predicted molar refractivity (Wildman–Crippen MR) is 84.6 cm³/mol. The van der Waals surface area contributed by atoms with Crippen LogP contribution < -0.4 is 15.7 Å². The van der Waals surface area contributed by atoms with Crippen molar-refractivity contribution in [3.63, 3.8) is 0 Å². The molecule has 128 valence electrons. The fraction of sp³-hybridized carbons (Fsp3) is 0.438. The molecule has 7 nitrogen and oxygen atoms in total. The molecule has 3 rings (SSSR count). The van der Waals surface area contributed by atoms with Crippen LogP contribution in [0.15, 0.2) is 23.0 Å². The van der Waals surface area contributed by atoms with Crippen LogP contribution in [0, 0.1) is 5.82 Å². The highest BCUT2D eigenvalue weighted by molar-refractivity contribution is 5.97. The zero-order chi connectivity index (χ0) is 17.3. The molecule has 0 spiro atoms. The van der Waals surface area contributed by atoms with E-state index in [0.29, 0.717) is 31.6 Å². The molecule has 1 aromatic carbocycles. The molecule has 0 bridgehead atoms. The van der Waals surface area contributed by atoms with Gasteiger partial charge in [0.15, 0.2) is 0 Å². The fourth-order valence-electron chi connectivity index (χ4n) is 2.96. The van der Waals surface area contributed by atoms with Crippen LogP contribution in [0.3, 0.4) is 0 Å². The second-order valence-corrected chi connectivity index (χ2v) is 5.82. The molecule has 0 fully saturated rings. The van der Waals surface area contributed by atoms with Gasteiger partial charge in [0.1, 0.15) is 17.4 Å². The Kier molecular flexibility index (Phi) is 4.37. The Morgan fingerprint density at radius 2 is 2.21 bits per heavy atom. The maximum atomic E-state index is 13.4. The molecule has 0 saturated carbocycles. The normalized spacial score (nSPS) is 17.0. The van der Waals surface area contributed by atoms with Crippen LogP contribution >= 0.6 is 0 Å². The molecule has 24 heavy (non-hydrogen) atoms. The number of methoxy groups -OCH3 is 1. The Hall–Kier alpha value is -2.64. The van der Waals surface area contributed by atoms with E-state index < -0.39 is 5.82 Å². The maximum absolute atomic E-state index is 13.4. The van der Waals surface area contributed by atoms with Crippen molar-refractivity contribution in [2.45, 2.75) is 31.8 Å². The fourth-order valence-corrected chi connectivity index (χ4v) is 2.96. The molecule has 2 heterocycles. The zero-order valence-corrected chi connectivity index (χ0v) is 13.6. The van der Waals surface area contributed by atoms with E-state index >= 15 is 0 Å². The molecule has 1 aliphatic heterocycles. The number of fused-ring (bicyclic) bond motifs is 1. The van der Waals surface area contributed by atoms with Crippen LogP contribution in [0.25, 0.3) is 0 Å². The summed E-state index contributed by atoms with van der Waals surface area (Å²) in [7, 11) is 3.06. The van der Waals surface area contributed by atoms with Crippen LogP contribution in [0.4, 0.5) is 4.39 Å². The van der Waals surface area contributed by atoms with Crippen LogP contribution in [0.1, 0.15) is 29.0 Å². The summed E-state index contributed by atoms with van der Waals surface area (Å²) in [5.74, 6) is 0.168. The van der Waals surface area contributed by atoms with E-state index in [4.69, 9.17) is 4.74 Å². The van der Waals surface area contributed by atoms with E-state index in [0.717, 1.165) is 11.9 Å². The maximum Gasteiger partial charge on any atom is 0.345 e. The summed E-state index contributed by atoms with van der Waals surface area (Å²) in [6.07, 6.45) is 1.88. The molecule has 0 saturated heterocycles. The number of aryl methyl sites for hydroxylation is 2. The summed E-state index contributed by atoms with van der Waals surface area (Å²) in [5.41, 5.74) is 0.0131. The highest BCUT2D eigenvalue weighted by Crippen LogP contribution is 2.20. The molecule has 1 unspecified atom stereocenters. The Labute approximate surface area is 138 Å². The molecule has 1 atom stereocenters. The first-order chi connectivity index (χ1) is 11.5. The van der Waals surface area contributed by atoms with Gasteiger partial charge in [0.25, 0.3) is 5.91 Å². The number of aromatic nitrogens is 3. The van der Waals surface area contributed by atoms with Gasteiger partial charge in [0.2, 0.25) is 0 Å². The number of carbonyl (C=O) groups excluding carboxylic acids is 1. The molecule has 1 aromatic heterocycles. The topological polar surface area (TPSA) is 78.2 Å². The van der Waals surface area contributed by atoms with Gasteiger partial charge in [-0.2, -0.15) is 5.10 Å². The lowest BCUT2D eigenvalue weighted by Crippen LogP contribution is -2.36. The lowest BCUT2D eigenvalue weighted by atomic mass is 10.1. The van der Waals surface area contributed by atoms with Crippen LogP contribution in [0.5, 0.6) is 5.75 Å². The number of halogens is 1. The summed E-state index contributed by atoms with van der Waals surface area (Å²) in [4.78, 5) is 24.4. The van der Waals surface area contributed by atoms with Crippen LogP contribution in [-0.2, 0) is 20.0 Å². The summed E-state index contributed by atoms with van der Waals surface area (Å²) in [6.45, 7) is 0.493. The second-order valence-electron chi connectivity index (χ2n) is 5.82. The van der Waals surface area contributed by atoms with E-state index in [9.17, 15) is 14.0 Å². The Bertz CT molecular complexity index is 827. The van der Waals surface area contributed by atoms with E-state index in [1.54, 1.807) is 11.6 Å². The number of benzene rings is 1. The van der Waals surface area contributed by atoms with Gasteiger partial charge in [-0.3, -0.25) is 9.36 Å². The van der Waals surface area contributed by atoms with Gasteiger partial charge in [-0.1, -0.05) is 0 Å². The zero-order valence-electron chi connectivity index (χ0n) is 13.6. The number of hydrogen-bond acceptors (Lipinski definition) is 4. The number of rotatable bonds is 3. The minimum atomic E-state index is -0.495. The first kappa shape index (κ1) is 16.2. The molecule has 1 aliphatic rings. The van der Waals surface area contributed by atoms with Gasteiger partial charge in [0, 0.05) is 26.1 Å². The number of ether oxygens (including phenoxy) is 1. The third-order valence-corrected chi connectivity index (χ3v) is 4.24. The molecule has 1 N–H and O–H groups in total. The third-order valence-electron chi connectivity index (χ3n) is 4.24. The van der Waals surface area contributed by atoms with Gasteiger partial charge in [-0.15, -0.1) is 0 Å². The van der Waals surface area contributed by atoms with Gasteiger partial charge in [-0.25, -0.2) is 13.9 Å². The molecule has 8 heteroatoms. The molecular weight excluding hydrogens is 315 g/mol. The van der Waals surface area contributed by atoms with Gasteiger partial charge >= 0.3 is 5.69 Å². The second kappa shape index (κ2) is 6.46. The van der Waals surface area contributed by atoms with Crippen molar-refractivity contribution in [1.29, 1.82) is 0 Å². The predicted octanol–water partition coefficient (Wildman–Crippen LogP) is 0.864. The van der Waals surface area contributed by atoms with Crippen LogP contribution in [0.2, 0.25) is 0 Å². The van der Waals surface area contributed by atoms with Crippen molar-refractivity contribution in [1.82, 2.24) is 19.7 Å². The number of hydrogen-bond donors (Lipinski definition) is 1. The lowest BCUT2D eigenvalue weighted by Gasteiger charge is -2.17. The Morgan fingerprint density at radius 1 is 1.42 bits per heavy atom. The van der Waals surface area contributed by atoms with Gasteiger partial charge in [-0.05, 0) is 31.0 Å². The van der Waals surface area contributed by atoms with Gasteiger partial charge < -0.3 is 10.1 Å². The highest BCUT2D eigenvalue weighted by Gasteiger charge is 2.23. The summed E-state index contributed by atoms with van der Waals surface area (Å²) in [5, 5.41) is 7.11. The largest absolute Gasteiger partial charge is 0.496 e. The average molecular weight is 334 g/mol. The first-order valence-corrected chi connectivity index (χ1v) is 7.76. The molecular formula is C16H19FN4O3. The third kappa shape index (κ3) is 3.04. The summed E-state index contributed by atoms with van der Waals surface area (Å²) >= 11 is 0. The molecule has 0 radical (unpaired) electrons. The highest BCUT2D eigenvalue weighted by atomic mass is 19.1. The van der Waals surface area contributed by atoms with Gasteiger partial charge in [0.05, 0.1) is 12.7 Å². The lowest BCUT2D eigenvalue weighted by molar-refractivity contribution is 0.0929. The molecule has 2 aromatic rings. The first-order valence-electron chi connectivity index (χ1n) is 7.76. The van der Waals surface area contributed by atoms with E-state index in [1.165, 1.54) is 23.9 Å². The number of carbonyl (C=O) groups is 1. The van der Waals surface area contributed by atoms with Crippen molar-refractivity contribution >= 4 is 5.91 Å². The quantitative estimate of drug-likeness (QED) is 0.903. The monoisotopic (exact) mass is 334 g/mol. The van der Waals surface area contributed by atoms with Crippen molar-refractivity contribution in [2.75, 3.05) is 7.11 Å². The summed E-state index contributed by atoms with van der Waals surface area (Å²) in [6, 6.07) is 3.72. The SMILES string of the molecule is COc1ccc(F)cc1C(=O)NC1CCc2nn(C)c(=O)n2CC1. The minimum Gasteiger partial charge on any atom is -0.496 e.